The van der Waals surface area contributed by atoms with Crippen molar-refractivity contribution in [2.75, 3.05) is 0 Å². The number of hydrogen-bond acceptors (Lipinski definition) is 5. The monoisotopic (exact) mass is 345 g/mol. The summed E-state index contributed by atoms with van der Waals surface area (Å²) in [6, 6.07) is 8.19. The lowest BCUT2D eigenvalue weighted by atomic mass is 9.76. The lowest BCUT2D eigenvalue weighted by Gasteiger charge is -2.40. The molecule has 0 bridgehead atoms. The highest BCUT2D eigenvalue weighted by Crippen LogP contribution is 2.26. The number of hydrogen-bond donors (Lipinski definition) is 2. The molecule has 1 amide bonds. The van der Waals surface area contributed by atoms with Crippen LogP contribution in [0.25, 0.3) is 5.53 Å². The SMILES string of the molecule is C[C@@H](O)[C@H]1C(=O)N[C@@H]1[C@@H](C)C(=O)C(=[N+]=[N-])C(=O)OCc1ccccc1. The van der Waals surface area contributed by atoms with Crippen LogP contribution in [-0.4, -0.2) is 45.4 Å². The number of benzene rings is 1. The van der Waals surface area contributed by atoms with Crippen LogP contribution in [0.3, 0.4) is 0 Å². The first-order valence-electron chi connectivity index (χ1n) is 7.82. The molecular formula is C17H19N3O5. The number of ketones is 1. The van der Waals surface area contributed by atoms with Gasteiger partial charge < -0.3 is 20.7 Å². The number of carbonyl (C=O) groups excluding carboxylic acids is 3. The maximum atomic E-state index is 12.4. The highest BCUT2D eigenvalue weighted by atomic mass is 16.5. The van der Waals surface area contributed by atoms with Crippen LogP contribution >= 0.6 is 0 Å². The maximum Gasteiger partial charge on any atom is 0.441 e. The third-order valence-electron chi connectivity index (χ3n) is 4.21. The summed E-state index contributed by atoms with van der Waals surface area (Å²) in [6.07, 6.45) is -0.937. The summed E-state index contributed by atoms with van der Waals surface area (Å²) in [5, 5.41) is 12.1. The van der Waals surface area contributed by atoms with Gasteiger partial charge in [-0.1, -0.05) is 37.3 Å². The summed E-state index contributed by atoms with van der Waals surface area (Å²) >= 11 is 0. The number of ether oxygens (including phenoxy) is 1. The van der Waals surface area contributed by atoms with Crippen molar-refractivity contribution in [3.05, 3.63) is 41.4 Å². The molecule has 132 valence electrons. The van der Waals surface area contributed by atoms with Crippen LogP contribution in [-0.2, 0) is 25.7 Å². The van der Waals surface area contributed by atoms with Crippen LogP contribution in [0.4, 0.5) is 0 Å². The topological polar surface area (TPSA) is 129 Å². The molecule has 0 unspecified atom stereocenters. The van der Waals surface area contributed by atoms with Crippen molar-refractivity contribution in [3.63, 3.8) is 0 Å². The van der Waals surface area contributed by atoms with Gasteiger partial charge in [0, 0.05) is 5.92 Å². The van der Waals surface area contributed by atoms with Gasteiger partial charge in [0.05, 0.1) is 18.1 Å². The zero-order chi connectivity index (χ0) is 18.6. The van der Waals surface area contributed by atoms with Crippen molar-refractivity contribution < 1.29 is 29.0 Å². The van der Waals surface area contributed by atoms with Crippen molar-refractivity contribution >= 4 is 23.4 Å². The second kappa shape index (κ2) is 7.83. The van der Waals surface area contributed by atoms with Gasteiger partial charge in [-0.25, -0.2) is 4.79 Å². The third-order valence-corrected chi connectivity index (χ3v) is 4.21. The van der Waals surface area contributed by atoms with Crippen molar-refractivity contribution in [1.82, 2.24) is 5.32 Å². The van der Waals surface area contributed by atoms with E-state index in [1.807, 2.05) is 6.07 Å². The Hall–Kier alpha value is -2.83. The zero-order valence-corrected chi connectivity index (χ0v) is 13.9. The maximum absolute atomic E-state index is 12.4. The van der Waals surface area contributed by atoms with E-state index in [1.165, 1.54) is 13.8 Å². The van der Waals surface area contributed by atoms with Gasteiger partial charge in [-0.2, -0.15) is 4.79 Å². The molecule has 0 spiro atoms. The van der Waals surface area contributed by atoms with Crippen LogP contribution in [0.1, 0.15) is 19.4 Å². The summed E-state index contributed by atoms with van der Waals surface area (Å²) in [5.74, 6) is -3.79. The Morgan fingerprint density at radius 2 is 1.96 bits per heavy atom. The molecule has 1 aliphatic rings. The number of aliphatic hydroxyl groups excluding tert-OH is 1. The standard InChI is InChI=1S/C17H19N3O5/c1-9(13-12(10(2)21)16(23)19-13)15(22)14(20-18)17(24)25-8-11-6-4-3-5-7-11/h3-7,9-10,12-13,21H,8H2,1-2H3,(H,19,23)/t9-,10-,12-,13-/m1/s1. The number of aliphatic hydroxyl groups is 1. The van der Waals surface area contributed by atoms with Gasteiger partial charge in [0.15, 0.2) is 0 Å². The smallest absolute Gasteiger partial charge is 0.441 e. The van der Waals surface area contributed by atoms with Gasteiger partial charge in [0.1, 0.15) is 6.61 Å². The minimum absolute atomic E-state index is 0.0726. The lowest BCUT2D eigenvalue weighted by molar-refractivity contribution is -0.146. The summed E-state index contributed by atoms with van der Waals surface area (Å²) < 4.78 is 4.99. The fraction of sp³-hybridized carbons (Fsp3) is 0.412. The summed E-state index contributed by atoms with van der Waals surface area (Å²) in [5.41, 5.74) is 9.02. The molecule has 1 saturated heterocycles. The van der Waals surface area contributed by atoms with E-state index in [-0.39, 0.29) is 12.5 Å². The first kappa shape index (κ1) is 18.5. The first-order valence-corrected chi connectivity index (χ1v) is 7.82. The van der Waals surface area contributed by atoms with Gasteiger partial charge in [-0.05, 0) is 12.5 Å². The molecule has 1 aliphatic heterocycles. The van der Waals surface area contributed by atoms with Crippen LogP contribution in [0, 0.1) is 11.8 Å². The predicted molar refractivity (Wildman–Crippen MR) is 86.1 cm³/mol. The molecule has 1 aromatic carbocycles. The molecule has 1 fully saturated rings. The largest absolute Gasteiger partial charge is 0.452 e. The molecule has 1 aromatic rings. The summed E-state index contributed by atoms with van der Waals surface area (Å²) in [6.45, 7) is 2.86. The van der Waals surface area contributed by atoms with Gasteiger partial charge >= 0.3 is 11.7 Å². The Kier molecular flexibility index (Phi) is 5.80. The van der Waals surface area contributed by atoms with Crippen LogP contribution in [0.5, 0.6) is 0 Å². The third kappa shape index (κ3) is 3.99. The Morgan fingerprint density at radius 3 is 2.48 bits per heavy atom. The molecule has 8 heteroatoms. The molecule has 2 N–H and O–H groups in total. The zero-order valence-electron chi connectivity index (χ0n) is 13.9. The van der Waals surface area contributed by atoms with E-state index in [9.17, 15) is 19.5 Å². The predicted octanol–water partition coefficient (Wildman–Crippen LogP) is 0.101. The molecule has 0 aromatic heterocycles. The Balaban J connectivity index is 2.02. The fourth-order valence-electron chi connectivity index (χ4n) is 2.73. The minimum Gasteiger partial charge on any atom is -0.452 e. The fourth-order valence-corrected chi connectivity index (χ4v) is 2.73. The molecule has 4 atom stereocenters. The highest BCUT2D eigenvalue weighted by molar-refractivity contribution is 6.62. The molecule has 0 saturated carbocycles. The van der Waals surface area contributed by atoms with E-state index in [4.69, 9.17) is 10.3 Å². The van der Waals surface area contributed by atoms with Crippen molar-refractivity contribution in [1.29, 1.82) is 0 Å². The van der Waals surface area contributed by atoms with Gasteiger partial charge in [0.2, 0.25) is 5.91 Å². The summed E-state index contributed by atoms with van der Waals surface area (Å²) in [7, 11) is 0. The number of esters is 1. The number of Topliss-reactive ketones (excluding diaryl/α,β-unsaturated/α-hetero) is 1. The van der Waals surface area contributed by atoms with Crippen LogP contribution in [0.2, 0.25) is 0 Å². The number of β-lactam (4-membered cyclic amide) rings is 1. The molecular weight excluding hydrogens is 326 g/mol. The Labute approximate surface area is 144 Å². The van der Waals surface area contributed by atoms with E-state index in [2.05, 4.69) is 10.1 Å². The molecule has 8 nitrogen and oxygen atoms in total. The van der Waals surface area contributed by atoms with Gasteiger partial charge in [-0.15, -0.1) is 0 Å². The molecule has 2 rings (SSSR count). The Morgan fingerprint density at radius 1 is 1.32 bits per heavy atom. The quantitative estimate of drug-likeness (QED) is 0.181. The highest BCUT2D eigenvalue weighted by Gasteiger charge is 2.50. The molecule has 25 heavy (non-hydrogen) atoms. The van der Waals surface area contributed by atoms with Crippen molar-refractivity contribution in [2.45, 2.75) is 32.6 Å². The van der Waals surface area contributed by atoms with Crippen molar-refractivity contribution in [2.24, 2.45) is 11.8 Å². The Bertz CT molecular complexity index is 725. The number of amides is 1. The number of nitrogens with one attached hydrogen (secondary N) is 1. The lowest BCUT2D eigenvalue weighted by Crippen LogP contribution is -2.66. The van der Waals surface area contributed by atoms with E-state index in [0.717, 1.165) is 0 Å². The van der Waals surface area contributed by atoms with E-state index in [1.54, 1.807) is 24.3 Å². The minimum atomic E-state index is -1.05. The van der Waals surface area contributed by atoms with Crippen LogP contribution < -0.4 is 5.32 Å². The number of carbonyl (C=O) groups is 3. The average Bonchev–Trinajstić information content (AvgIpc) is 2.58. The molecule has 1 heterocycles. The second-order valence-electron chi connectivity index (χ2n) is 5.96. The molecule has 0 aliphatic carbocycles. The van der Waals surface area contributed by atoms with Gasteiger partial charge in [-0.3, -0.25) is 9.59 Å². The second-order valence-corrected chi connectivity index (χ2v) is 5.96. The normalized spacial score (nSPS) is 21.2. The van der Waals surface area contributed by atoms with E-state index < -0.39 is 41.4 Å². The number of rotatable bonds is 7. The molecule has 0 radical (unpaired) electrons. The number of nitrogens with zero attached hydrogens (tertiary/aromatic N) is 2. The van der Waals surface area contributed by atoms with E-state index >= 15 is 0 Å². The van der Waals surface area contributed by atoms with Gasteiger partial charge in [0.25, 0.3) is 5.78 Å². The average molecular weight is 345 g/mol. The van der Waals surface area contributed by atoms with Crippen molar-refractivity contribution in [3.8, 4) is 0 Å². The summed E-state index contributed by atoms with van der Waals surface area (Å²) in [4.78, 5) is 38.7. The van der Waals surface area contributed by atoms with E-state index in [0.29, 0.717) is 5.56 Å². The van der Waals surface area contributed by atoms with Crippen LogP contribution in [0.15, 0.2) is 30.3 Å². The first-order chi connectivity index (χ1) is 11.9.